The number of anilines is 1. The van der Waals surface area contributed by atoms with Gasteiger partial charge in [0.25, 0.3) is 5.91 Å². The molecule has 1 aromatic heterocycles. The lowest BCUT2D eigenvalue weighted by Crippen LogP contribution is -2.42. The maximum absolute atomic E-state index is 14.5. The molecule has 1 saturated heterocycles. The molecule has 0 radical (unpaired) electrons. The molecule has 3 aromatic carbocycles. The first kappa shape index (κ1) is 22.4. The molecule has 0 unspecified atom stereocenters. The summed E-state index contributed by atoms with van der Waals surface area (Å²) in [5.74, 6) is -0.565. The summed E-state index contributed by atoms with van der Waals surface area (Å²) in [5.41, 5.74) is 3.25. The van der Waals surface area contributed by atoms with Crippen LogP contribution in [0.4, 0.5) is 10.1 Å². The van der Waals surface area contributed by atoms with Gasteiger partial charge in [-0.1, -0.05) is 42.5 Å². The third kappa shape index (κ3) is 3.64. The number of halogens is 1. The highest BCUT2D eigenvalue weighted by atomic mass is 19.1. The van der Waals surface area contributed by atoms with Crippen molar-refractivity contribution >= 4 is 22.4 Å². The maximum atomic E-state index is 14.5. The van der Waals surface area contributed by atoms with Crippen LogP contribution in [0.5, 0.6) is 0 Å². The zero-order valence-electron chi connectivity index (χ0n) is 19.8. The topological polar surface area (TPSA) is 60.2 Å². The molecular weight excluding hydrogens is 451 g/mol. The number of aromatic nitrogens is 1. The fraction of sp³-hybridized carbons (Fsp3) is 0.233. The highest BCUT2D eigenvalue weighted by Crippen LogP contribution is 2.38. The van der Waals surface area contributed by atoms with Crippen LogP contribution >= 0.6 is 0 Å². The summed E-state index contributed by atoms with van der Waals surface area (Å²) in [6, 6.07) is 24.9. The Morgan fingerprint density at radius 3 is 2.42 bits per heavy atom. The van der Waals surface area contributed by atoms with Crippen LogP contribution in [-0.2, 0) is 18.5 Å². The minimum absolute atomic E-state index is 0.167. The first-order chi connectivity index (χ1) is 17.6. The van der Waals surface area contributed by atoms with Crippen LogP contribution in [0.25, 0.3) is 10.8 Å². The van der Waals surface area contributed by atoms with Gasteiger partial charge in [0.15, 0.2) is 0 Å². The normalized spacial score (nSPS) is 17.2. The van der Waals surface area contributed by atoms with Gasteiger partial charge in [-0.2, -0.15) is 5.26 Å². The number of carbonyl (C=O) groups excluding carboxylic acids is 1. The first-order valence-corrected chi connectivity index (χ1v) is 12.2. The van der Waals surface area contributed by atoms with Crippen LogP contribution in [0, 0.1) is 17.1 Å². The predicted molar refractivity (Wildman–Crippen MR) is 137 cm³/mol. The lowest BCUT2D eigenvalue weighted by molar-refractivity contribution is 0.0995. The van der Waals surface area contributed by atoms with Gasteiger partial charge in [0.05, 0.1) is 24.0 Å². The highest BCUT2D eigenvalue weighted by molar-refractivity contribution is 6.14. The van der Waals surface area contributed by atoms with Crippen LogP contribution < -0.4 is 4.90 Å². The number of nitriles is 1. The van der Waals surface area contributed by atoms with Crippen molar-refractivity contribution in [3.05, 3.63) is 107 Å². The monoisotopic (exact) mass is 476 g/mol. The van der Waals surface area contributed by atoms with Crippen molar-refractivity contribution < 1.29 is 9.18 Å². The Hall–Kier alpha value is -4.08. The minimum atomic E-state index is -0.562. The number of pyridine rings is 1. The van der Waals surface area contributed by atoms with Gasteiger partial charge in [-0.3, -0.25) is 14.7 Å². The van der Waals surface area contributed by atoms with Gasteiger partial charge in [-0.05, 0) is 65.1 Å². The van der Waals surface area contributed by atoms with Gasteiger partial charge >= 0.3 is 0 Å². The number of carbonyl (C=O) groups is 1. The van der Waals surface area contributed by atoms with E-state index >= 15 is 0 Å². The molecule has 2 aliphatic heterocycles. The van der Waals surface area contributed by atoms with E-state index in [-0.39, 0.29) is 5.91 Å². The summed E-state index contributed by atoms with van der Waals surface area (Å²) in [7, 11) is 0. The highest BCUT2D eigenvalue weighted by Gasteiger charge is 2.38. The number of fused-ring (bicyclic) bond motifs is 3. The van der Waals surface area contributed by atoms with Gasteiger partial charge in [0.2, 0.25) is 0 Å². The average molecular weight is 477 g/mol. The number of amides is 1. The minimum Gasteiger partial charge on any atom is -0.301 e. The number of benzene rings is 3. The van der Waals surface area contributed by atoms with Crippen molar-refractivity contribution in [3.63, 3.8) is 0 Å². The zero-order chi connectivity index (χ0) is 24.7. The van der Waals surface area contributed by atoms with Crippen LogP contribution in [0.3, 0.4) is 0 Å². The fourth-order valence-electron chi connectivity index (χ4n) is 5.65. The molecule has 4 aromatic rings. The van der Waals surface area contributed by atoms with Gasteiger partial charge in [-0.15, -0.1) is 0 Å². The smallest absolute Gasteiger partial charge is 0.259 e. The second kappa shape index (κ2) is 8.85. The number of para-hydroxylation sites is 1. The second-order valence-corrected chi connectivity index (χ2v) is 9.64. The van der Waals surface area contributed by atoms with Gasteiger partial charge in [0, 0.05) is 31.4 Å². The largest absolute Gasteiger partial charge is 0.301 e. The molecule has 0 atom stereocenters. The van der Waals surface area contributed by atoms with Crippen molar-refractivity contribution in [1.82, 2.24) is 9.88 Å². The number of piperidine rings is 1. The van der Waals surface area contributed by atoms with E-state index in [1.54, 1.807) is 24.4 Å². The van der Waals surface area contributed by atoms with Crippen molar-refractivity contribution in [1.29, 1.82) is 5.26 Å². The molecule has 5 nitrogen and oxygen atoms in total. The summed E-state index contributed by atoms with van der Waals surface area (Å²) in [6.07, 6.45) is 3.17. The van der Waals surface area contributed by atoms with Crippen molar-refractivity contribution in [3.8, 4) is 6.07 Å². The van der Waals surface area contributed by atoms with E-state index in [9.17, 15) is 14.4 Å². The first-order valence-electron chi connectivity index (χ1n) is 12.2. The second-order valence-electron chi connectivity index (χ2n) is 9.64. The fourth-order valence-corrected chi connectivity index (χ4v) is 5.65. The Balaban J connectivity index is 1.30. The molecule has 1 fully saturated rings. The quantitative estimate of drug-likeness (QED) is 0.385. The molecule has 0 saturated carbocycles. The third-order valence-electron chi connectivity index (χ3n) is 7.65. The maximum Gasteiger partial charge on any atom is 0.259 e. The number of nitrogens with zero attached hydrogens (tertiary/aromatic N) is 4. The Labute approximate surface area is 209 Å². The van der Waals surface area contributed by atoms with E-state index in [1.807, 2.05) is 42.5 Å². The van der Waals surface area contributed by atoms with Crippen molar-refractivity contribution in [2.45, 2.75) is 31.3 Å². The van der Waals surface area contributed by atoms with Gasteiger partial charge in [0.1, 0.15) is 11.2 Å². The molecule has 6 rings (SSSR count). The van der Waals surface area contributed by atoms with E-state index in [1.165, 1.54) is 11.0 Å². The van der Waals surface area contributed by atoms with Crippen LogP contribution in [0.2, 0.25) is 0 Å². The van der Waals surface area contributed by atoms with E-state index in [4.69, 9.17) is 0 Å². The van der Waals surface area contributed by atoms with E-state index < -0.39 is 11.2 Å². The standard InChI is InChI=1S/C30H25FN4O/c31-26-9-3-4-10-27(26)35-19-25-23-8-2-1-7-22(23)21(17-24(25)29(35)36)18-34-15-12-30(20-32,13-16-34)28-11-5-6-14-33-28/h1-11,14,17H,12-13,15-16,18-19H2. The lowest BCUT2D eigenvalue weighted by Gasteiger charge is -2.37. The lowest BCUT2D eigenvalue weighted by atomic mass is 9.76. The molecular formula is C30H25FN4O. The van der Waals surface area contributed by atoms with Gasteiger partial charge < -0.3 is 4.90 Å². The Morgan fingerprint density at radius 2 is 1.69 bits per heavy atom. The summed E-state index contributed by atoms with van der Waals surface area (Å²) in [6.45, 7) is 2.58. The zero-order valence-corrected chi connectivity index (χ0v) is 19.8. The van der Waals surface area contributed by atoms with Crippen LogP contribution in [0.15, 0.2) is 79.0 Å². The Bertz CT molecular complexity index is 1500. The third-order valence-corrected chi connectivity index (χ3v) is 7.65. The molecule has 0 bridgehead atoms. The summed E-state index contributed by atoms with van der Waals surface area (Å²) >= 11 is 0. The summed E-state index contributed by atoms with van der Waals surface area (Å²) in [5, 5.41) is 12.2. The molecule has 0 N–H and O–H groups in total. The molecule has 0 aliphatic carbocycles. The molecule has 178 valence electrons. The number of hydrogen-bond acceptors (Lipinski definition) is 4. The molecule has 2 aliphatic rings. The Morgan fingerprint density at radius 1 is 0.972 bits per heavy atom. The molecule has 6 heteroatoms. The summed E-state index contributed by atoms with van der Waals surface area (Å²) in [4.78, 5) is 21.8. The molecule has 1 amide bonds. The molecule has 3 heterocycles. The van der Waals surface area contributed by atoms with Crippen molar-refractivity contribution in [2.75, 3.05) is 18.0 Å². The van der Waals surface area contributed by atoms with Crippen molar-refractivity contribution in [2.24, 2.45) is 0 Å². The number of hydrogen-bond donors (Lipinski definition) is 0. The number of likely N-dealkylation sites (tertiary alicyclic amines) is 1. The van der Waals surface area contributed by atoms with Crippen LogP contribution in [-0.4, -0.2) is 28.9 Å². The van der Waals surface area contributed by atoms with E-state index in [2.05, 4.69) is 22.0 Å². The SMILES string of the molecule is N#CC1(c2ccccn2)CCN(Cc2cc3c(c4ccccc24)CN(c2ccccc2F)C3=O)CC1. The van der Waals surface area contributed by atoms with Crippen LogP contribution in [0.1, 0.15) is 40.0 Å². The van der Waals surface area contributed by atoms with E-state index in [0.29, 0.717) is 37.2 Å². The molecule has 36 heavy (non-hydrogen) atoms. The number of rotatable bonds is 4. The Kier molecular flexibility index (Phi) is 5.50. The molecule has 0 spiro atoms. The summed E-state index contributed by atoms with van der Waals surface area (Å²) < 4.78 is 14.5. The average Bonchev–Trinajstić information content (AvgIpc) is 3.26. The van der Waals surface area contributed by atoms with E-state index in [0.717, 1.165) is 40.7 Å². The van der Waals surface area contributed by atoms with Gasteiger partial charge in [-0.25, -0.2) is 4.39 Å². The predicted octanol–water partition coefficient (Wildman–Crippen LogP) is 5.59.